The third-order valence-electron chi connectivity index (χ3n) is 4.54. The highest BCUT2D eigenvalue weighted by Gasteiger charge is 2.14. The predicted molar refractivity (Wildman–Crippen MR) is 120 cm³/mol. The van der Waals surface area contributed by atoms with Crippen LogP contribution in [0.5, 0.6) is 5.75 Å². The number of fused-ring (bicyclic) bond motifs is 1. The Labute approximate surface area is 179 Å². The Morgan fingerprint density at radius 2 is 1.79 bits per heavy atom. The maximum atomic E-state index is 6.17. The summed E-state index contributed by atoms with van der Waals surface area (Å²) in [6.45, 7) is 4.77. The molecule has 0 unspecified atom stereocenters. The van der Waals surface area contributed by atoms with Gasteiger partial charge in [-0.1, -0.05) is 84.0 Å². The van der Waals surface area contributed by atoms with Crippen molar-refractivity contribution >= 4 is 34.1 Å². The number of ether oxygens (including phenoxy) is 1. The number of nitrogens with zero attached hydrogens (tertiary/aromatic N) is 3. The minimum absolute atomic E-state index is 0.291. The summed E-state index contributed by atoms with van der Waals surface area (Å²) in [5, 5.41) is 12.6. The van der Waals surface area contributed by atoms with Gasteiger partial charge in [-0.25, -0.2) is 0 Å². The van der Waals surface area contributed by atoms with Gasteiger partial charge in [-0.05, 0) is 28.5 Å². The molecule has 0 amide bonds. The van der Waals surface area contributed by atoms with E-state index >= 15 is 0 Å². The van der Waals surface area contributed by atoms with Gasteiger partial charge in [0.1, 0.15) is 12.4 Å². The smallest absolute Gasteiger partial charge is 0.191 e. The summed E-state index contributed by atoms with van der Waals surface area (Å²) in [4.78, 5) is 0. The summed E-state index contributed by atoms with van der Waals surface area (Å²) in [6.07, 6.45) is 1.84. The molecule has 4 aromatic rings. The lowest BCUT2D eigenvalue weighted by atomic mass is 10.1. The molecule has 0 fully saturated rings. The fourth-order valence-electron chi connectivity index (χ4n) is 3.11. The Morgan fingerprint density at radius 1 is 1.00 bits per heavy atom. The van der Waals surface area contributed by atoms with Crippen molar-refractivity contribution in [3.63, 3.8) is 0 Å². The summed E-state index contributed by atoms with van der Waals surface area (Å²) in [6, 6.07) is 22.2. The molecule has 146 valence electrons. The van der Waals surface area contributed by atoms with Crippen molar-refractivity contribution in [2.24, 2.45) is 0 Å². The van der Waals surface area contributed by atoms with Crippen LogP contribution >= 0.6 is 23.4 Å². The standard InChI is InChI=1S/C23H20ClN3OS/c1-2-14-27-22(15-28-21-13-6-5-12-20(21)24)25-26-23(27)29-16-18-10-7-9-17-8-3-4-11-19(17)18/h2-13H,1,14-16H2. The fraction of sp³-hybridized carbons (Fsp3) is 0.130. The second-order valence-electron chi connectivity index (χ2n) is 6.44. The molecule has 0 atom stereocenters. The van der Waals surface area contributed by atoms with Crippen molar-refractivity contribution in [3.8, 4) is 5.75 Å². The molecule has 0 aliphatic heterocycles. The maximum Gasteiger partial charge on any atom is 0.191 e. The molecule has 0 spiro atoms. The van der Waals surface area contributed by atoms with E-state index in [2.05, 4.69) is 59.2 Å². The molecule has 0 saturated heterocycles. The average Bonchev–Trinajstić information content (AvgIpc) is 3.13. The number of halogens is 1. The Bertz CT molecular complexity index is 1140. The zero-order valence-corrected chi connectivity index (χ0v) is 17.4. The van der Waals surface area contributed by atoms with Crippen LogP contribution in [0.15, 0.2) is 84.5 Å². The molecular formula is C23H20ClN3OS. The van der Waals surface area contributed by atoms with Crippen molar-refractivity contribution < 1.29 is 4.74 Å². The molecule has 6 heteroatoms. The zero-order chi connectivity index (χ0) is 20.1. The lowest BCUT2D eigenvalue weighted by Crippen LogP contribution is -2.07. The minimum atomic E-state index is 0.291. The number of allylic oxidation sites excluding steroid dienone is 1. The van der Waals surface area contributed by atoms with Gasteiger partial charge in [0.25, 0.3) is 0 Å². The van der Waals surface area contributed by atoms with Crippen LogP contribution in [0, 0.1) is 0 Å². The van der Waals surface area contributed by atoms with Crippen molar-refractivity contribution in [2.45, 2.75) is 24.1 Å². The number of rotatable bonds is 8. The first-order valence-corrected chi connectivity index (χ1v) is 10.6. The van der Waals surface area contributed by atoms with Gasteiger partial charge in [0.05, 0.1) is 5.02 Å². The van der Waals surface area contributed by atoms with Crippen LogP contribution in [-0.4, -0.2) is 14.8 Å². The van der Waals surface area contributed by atoms with E-state index in [1.54, 1.807) is 17.8 Å². The van der Waals surface area contributed by atoms with Crippen molar-refractivity contribution in [2.75, 3.05) is 0 Å². The van der Waals surface area contributed by atoms with Crippen LogP contribution < -0.4 is 4.74 Å². The molecule has 3 aromatic carbocycles. The number of aromatic nitrogens is 3. The first kappa shape index (κ1) is 19.6. The van der Waals surface area contributed by atoms with E-state index in [0.717, 1.165) is 16.7 Å². The van der Waals surface area contributed by atoms with Gasteiger partial charge >= 0.3 is 0 Å². The van der Waals surface area contributed by atoms with Crippen LogP contribution in [0.25, 0.3) is 10.8 Å². The zero-order valence-electron chi connectivity index (χ0n) is 15.8. The summed E-state index contributed by atoms with van der Waals surface area (Å²) >= 11 is 7.83. The largest absolute Gasteiger partial charge is 0.484 e. The molecule has 4 rings (SSSR count). The number of thioether (sulfide) groups is 1. The van der Waals surface area contributed by atoms with E-state index in [0.29, 0.717) is 23.9 Å². The molecule has 0 aliphatic carbocycles. The van der Waals surface area contributed by atoms with E-state index in [4.69, 9.17) is 16.3 Å². The highest BCUT2D eigenvalue weighted by molar-refractivity contribution is 7.98. The number of hydrogen-bond acceptors (Lipinski definition) is 4. The van der Waals surface area contributed by atoms with Crippen LogP contribution in [0.3, 0.4) is 0 Å². The second-order valence-corrected chi connectivity index (χ2v) is 7.79. The molecular weight excluding hydrogens is 402 g/mol. The van der Waals surface area contributed by atoms with Crippen LogP contribution in [-0.2, 0) is 18.9 Å². The van der Waals surface area contributed by atoms with Gasteiger partial charge in [-0.3, -0.25) is 4.57 Å². The summed E-state index contributed by atoms with van der Waals surface area (Å²) in [5.74, 6) is 2.18. The van der Waals surface area contributed by atoms with Gasteiger partial charge < -0.3 is 4.74 Å². The van der Waals surface area contributed by atoms with E-state index < -0.39 is 0 Å². The van der Waals surface area contributed by atoms with E-state index in [9.17, 15) is 0 Å². The summed E-state index contributed by atoms with van der Waals surface area (Å²) in [5.41, 5.74) is 1.27. The van der Waals surface area contributed by atoms with Gasteiger partial charge in [-0.15, -0.1) is 16.8 Å². The second kappa shape index (κ2) is 9.16. The highest BCUT2D eigenvalue weighted by atomic mass is 35.5. The SMILES string of the molecule is C=CCn1c(COc2ccccc2Cl)nnc1SCc1cccc2ccccc12. The average molecular weight is 422 g/mol. The monoisotopic (exact) mass is 421 g/mol. The molecule has 0 aliphatic rings. The van der Waals surface area contributed by atoms with E-state index in [-0.39, 0.29) is 0 Å². The van der Waals surface area contributed by atoms with E-state index in [1.165, 1.54) is 16.3 Å². The Hall–Kier alpha value is -2.76. The first-order chi connectivity index (χ1) is 14.3. The lowest BCUT2D eigenvalue weighted by molar-refractivity contribution is 0.289. The van der Waals surface area contributed by atoms with Gasteiger partial charge in [0.2, 0.25) is 0 Å². The molecule has 0 bridgehead atoms. The lowest BCUT2D eigenvalue weighted by Gasteiger charge is -2.10. The molecule has 0 N–H and O–H groups in total. The van der Waals surface area contributed by atoms with Gasteiger partial charge in [0.15, 0.2) is 11.0 Å². The first-order valence-electron chi connectivity index (χ1n) is 9.26. The van der Waals surface area contributed by atoms with Crippen molar-refractivity contribution in [1.82, 2.24) is 14.8 Å². The normalized spacial score (nSPS) is 10.9. The molecule has 1 aromatic heterocycles. The number of hydrogen-bond donors (Lipinski definition) is 0. The third kappa shape index (κ3) is 4.47. The fourth-order valence-corrected chi connectivity index (χ4v) is 4.27. The minimum Gasteiger partial charge on any atom is -0.484 e. The Morgan fingerprint density at radius 3 is 2.66 bits per heavy atom. The molecule has 0 saturated carbocycles. The highest BCUT2D eigenvalue weighted by Crippen LogP contribution is 2.28. The van der Waals surface area contributed by atoms with Crippen molar-refractivity contribution in [1.29, 1.82) is 0 Å². The Kier molecular flexibility index (Phi) is 6.17. The number of para-hydroxylation sites is 1. The Balaban J connectivity index is 1.52. The topological polar surface area (TPSA) is 39.9 Å². The van der Waals surface area contributed by atoms with Crippen LogP contribution in [0.2, 0.25) is 5.02 Å². The van der Waals surface area contributed by atoms with E-state index in [1.807, 2.05) is 28.8 Å². The molecule has 1 heterocycles. The van der Waals surface area contributed by atoms with Crippen LogP contribution in [0.1, 0.15) is 11.4 Å². The predicted octanol–water partition coefficient (Wildman–Crippen LogP) is 6.14. The van der Waals surface area contributed by atoms with Gasteiger partial charge in [0, 0.05) is 12.3 Å². The molecule has 0 radical (unpaired) electrons. The third-order valence-corrected chi connectivity index (χ3v) is 5.86. The molecule has 4 nitrogen and oxygen atoms in total. The molecule has 29 heavy (non-hydrogen) atoms. The maximum absolute atomic E-state index is 6.17. The number of benzene rings is 3. The van der Waals surface area contributed by atoms with Crippen LogP contribution in [0.4, 0.5) is 0 Å². The van der Waals surface area contributed by atoms with Crippen molar-refractivity contribution in [3.05, 3.63) is 95.8 Å². The quantitative estimate of drug-likeness (QED) is 0.253. The summed E-state index contributed by atoms with van der Waals surface area (Å²) in [7, 11) is 0. The van der Waals surface area contributed by atoms with Gasteiger partial charge in [-0.2, -0.15) is 0 Å². The summed E-state index contributed by atoms with van der Waals surface area (Å²) < 4.78 is 7.87.